The molecule has 0 spiro atoms. The molecule has 0 aliphatic carbocycles. The third-order valence-electron chi connectivity index (χ3n) is 2.71. The molecule has 3 rings (SSSR count). The molecule has 1 aromatic carbocycles. The van der Waals surface area contributed by atoms with Gasteiger partial charge in [0.2, 0.25) is 0 Å². The van der Waals surface area contributed by atoms with Crippen molar-refractivity contribution in [3.8, 4) is 0 Å². The number of hydrogen-bond acceptors (Lipinski definition) is 4. The zero-order chi connectivity index (χ0) is 12.5. The number of carboxylic acid groups (broad SMARTS) is 1. The number of nitrogens with one attached hydrogen (secondary N) is 2. The molecule has 3 N–H and O–H groups in total. The summed E-state index contributed by atoms with van der Waals surface area (Å²) in [6.07, 6.45) is 0. The predicted octanol–water partition coefficient (Wildman–Crippen LogP) is 1.92. The van der Waals surface area contributed by atoms with Crippen molar-refractivity contribution in [1.29, 1.82) is 0 Å². The highest BCUT2D eigenvalue weighted by molar-refractivity contribution is 8.14. The molecule has 92 valence electrons. The van der Waals surface area contributed by atoms with Crippen molar-refractivity contribution in [2.75, 3.05) is 13.1 Å². The van der Waals surface area contributed by atoms with E-state index in [2.05, 4.69) is 15.3 Å². The van der Waals surface area contributed by atoms with Gasteiger partial charge in [-0.15, -0.1) is 0 Å². The molecule has 2 aromatic rings. The molecule has 1 aliphatic rings. The van der Waals surface area contributed by atoms with Crippen LogP contribution in [0.5, 0.6) is 0 Å². The number of hydrogen-bond donors (Lipinski definition) is 3. The molecule has 18 heavy (non-hydrogen) atoms. The lowest BCUT2D eigenvalue weighted by Gasteiger charge is -2.02. The zero-order valence-electron chi connectivity index (χ0n) is 9.43. The number of amidine groups is 1. The summed E-state index contributed by atoms with van der Waals surface area (Å²) >= 11 is 1.37. The van der Waals surface area contributed by atoms with Crippen LogP contribution in [0.15, 0.2) is 34.2 Å². The summed E-state index contributed by atoms with van der Waals surface area (Å²) in [6, 6.07) is 7.56. The molecular formula is C12H11N3O2S. The molecule has 0 saturated heterocycles. The van der Waals surface area contributed by atoms with Gasteiger partial charge in [-0.2, -0.15) is 0 Å². The molecule has 5 nitrogen and oxygen atoms in total. The number of nitrogens with zero attached hydrogens (tertiary/aromatic N) is 1. The van der Waals surface area contributed by atoms with Gasteiger partial charge < -0.3 is 15.4 Å². The monoisotopic (exact) mass is 261 g/mol. The molecule has 0 amide bonds. The topological polar surface area (TPSA) is 77.5 Å². The van der Waals surface area contributed by atoms with Crippen molar-refractivity contribution in [2.24, 2.45) is 4.99 Å². The first kappa shape index (κ1) is 11.2. The summed E-state index contributed by atoms with van der Waals surface area (Å²) in [5.41, 5.74) is 1.05. The fourth-order valence-electron chi connectivity index (χ4n) is 1.91. The second-order valence-electron chi connectivity index (χ2n) is 3.90. The molecular weight excluding hydrogens is 250 g/mol. The van der Waals surface area contributed by atoms with Crippen molar-refractivity contribution >= 4 is 33.8 Å². The molecule has 0 radical (unpaired) electrons. The molecule has 0 atom stereocenters. The SMILES string of the molecule is O=C(O)c1[nH]c2ccccc2c1SC1=NCCN1. The van der Waals surface area contributed by atoms with Crippen LogP contribution in [-0.2, 0) is 0 Å². The molecule has 0 bridgehead atoms. The first-order chi connectivity index (χ1) is 8.75. The van der Waals surface area contributed by atoms with Crippen LogP contribution in [0.4, 0.5) is 0 Å². The Morgan fingerprint density at radius 2 is 2.22 bits per heavy atom. The first-order valence-electron chi connectivity index (χ1n) is 5.56. The Bertz CT molecular complexity index is 648. The first-order valence-corrected chi connectivity index (χ1v) is 6.37. The van der Waals surface area contributed by atoms with Crippen molar-refractivity contribution in [1.82, 2.24) is 10.3 Å². The number of thioether (sulfide) groups is 1. The standard InChI is InChI=1S/C12H11N3O2S/c16-11(17)9-10(18-12-13-5-6-14-12)7-3-1-2-4-8(7)15-9/h1-4,15H,5-6H2,(H,13,14)(H,16,17). The van der Waals surface area contributed by atoms with E-state index in [4.69, 9.17) is 0 Å². The molecule has 1 aromatic heterocycles. The summed E-state index contributed by atoms with van der Waals surface area (Å²) in [5.74, 6) is -0.952. The Morgan fingerprint density at radius 1 is 1.39 bits per heavy atom. The van der Waals surface area contributed by atoms with Gasteiger partial charge >= 0.3 is 5.97 Å². The van der Waals surface area contributed by atoms with E-state index in [-0.39, 0.29) is 5.69 Å². The number of aliphatic imine (C=N–C) groups is 1. The number of fused-ring (bicyclic) bond motifs is 1. The second kappa shape index (κ2) is 4.38. The number of aromatic carboxylic acids is 1. The van der Waals surface area contributed by atoms with Crippen LogP contribution < -0.4 is 5.32 Å². The Labute approximate surface area is 107 Å². The van der Waals surface area contributed by atoms with Crippen LogP contribution in [-0.4, -0.2) is 34.3 Å². The molecule has 0 fully saturated rings. The van der Waals surface area contributed by atoms with Crippen molar-refractivity contribution in [2.45, 2.75) is 4.90 Å². The van der Waals surface area contributed by atoms with Crippen molar-refractivity contribution < 1.29 is 9.90 Å². The minimum atomic E-state index is -0.952. The van der Waals surface area contributed by atoms with Crippen LogP contribution in [0.3, 0.4) is 0 Å². The largest absolute Gasteiger partial charge is 0.477 e. The highest BCUT2D eigenvalue weighted by Gasteiger charge is 2.20. The number of carboxylic acids is 1. The lowest BCUT2D eigenvalue weighted by molar-refractivity contribution is 0.0688. The number of para-hydroxylation sites is 1. The lowest BCUT2D eigenvalue weighted by atomic mass is 10.2. The maximum Gasteiger partial charge on any atom is 0.353 e. The molecule has 1 aliphatic heterocycles. The maximum absolute atomic E-state index is 11.3. The van der Waals surface area contributed by atoms with E-state index >= 15 is 0 Å². The number of aromatic amines is 1. The summed E-state index contributed by atoms with van der Waals surface area (Å²) in [5, 5.41) is 14.1. The maximum atomic E-state index is 11.3. The van der Waals surface area contributed by atoms with Gasteiger partial charge in [-0.25, -0.2) is 4.79 Å². The number of benzene rings is 1. The summed E-state index contributed by atoms with van der Waals surface area (Å²) in [7, 11) is 0. The third-order valence-corrected chi connectivity index (χ3v) is 3.81. The summed E-state index contributed by atoms with van der Waals surface area (Å²) in [4.78, 5) is 19.2. The van der Waals surface area contributed by atoms with E-state index in [1.54, 1.807) is 0 Å². The lowest BCUT2D eigenvalue weighted by Crippen LogP contribution is -2.15. The van der Waals surface area contributed by atoms with E-state index < -0.39 is 5.97 Å². The van der Waals surface area contributed by atoms with Gasteiger partial charge in [-0.1, -0.05) is 18.2 Å². The van der Waals surface area contributed by atoms with E-state index in [1.807, 2.05) is 24.3 Å². The van der Waals surface area contributed by atoms with Crippen LogP contribution in [0.2, 0.25) is 0 Å². The fraction of sp³-hybridized carbons (Fsp3) is 0.167. The Morgan fingerprint density at radius 3 is 2.94 bits per heavy atom. The number of carbonyl (C=O) groups is 1. The summed E-state index contributed by atoms with van der Waals surface area (Å²) < 4.78 is 0. The van der Waals surface area contributed by atoms with Crippen LogP contribution in [0, 0.1) is 0 Å². The minimum Gasteiger partial charge on any atom is -0.477 e. The van der Waals surface area contributed by atoms with E-state index in [0.29, 0.717) is 4.90 Å². The van der Waals surface area contributed by atoms with E-state index in [9.17, 15) is 9.90 Å². The Hall–Kier alpha value is -1.95. The van der Waals surface area contributed by atoms with E-state index in [0.717, 1.165) is 29.2 Å². The third kappa shape index (κ3) is 1.84. The smallest absolute Gasteiger partial charge is 0.353 e. The average molecular weight is 261 g/mol. The number of aromatic nitrogens is 1. The highest BCUT2D eigenvalue weighted by Crippen LogP contribution is 2.32. The quantitative estimate of drug-likeness (QED) is 0.771. The van der Waals surface area contributed by atoms with Crippen LogP contribution in [0.1, 0.15) is 10.5 Å². The van der Waals surface area contributed by atoms with Crippen LogP contribution in [0.25, 0.3) is 10.9 Å². The van der Waals surface area contributed by atoms with Crippen LogP contribution >= 0.6 is 11.8 Å². The molecule has 2 heterocycles. The van der Waals surface area contributed by atoms with Gasteiger partial charge in [-0.3, -0.25) is 4.99 Å². The average Bonchev–Trinajstić information content (AvgIpc) is 2.98. The van der Waals surface area contributed by atoms with Gasteiger partial charge in [0.15, 0.2) is 5.17 Å². The molecule has 0 unspecified atom stereocenters. The fourth-order valence-corrected chi connectivity index (χ4v) is 2.97. The van der Waals surface area contributed by atoms with Crippen molar-refractivity contribution in [3.05, 3.63) is 30.0 Å². The molecule has 6 heteroatoms. The van der Waals surface area contributed by atoms with E-state index in [1.165, 1.54) is 11.8 Å². The second-order valence-corrected chi connectivity index (χ2v) is 4.89. The van der Waals surface area contributed by atoms with Gasteiger partial charge in [0.05, 0.1) is 11.4 Å². The van der Waals surface area contributed by atoms with Gasteiger partial charge in [-0.05, 0) is 17.8 Å². The summed E-state index contributed by atoms with van der Waals surface area (Å²) in [6.45, 7) is 1.56. The minimum absolute atomic E-state index is 0.220. The predicted molar refractivity (Wildman–Crippen MR) is 71.4 cm³/mol. The zero-order valence-corrected chi connectivity index (χ0v) is 10.3. The normalized spacial score (nSPS) is 14.6. The molecule has 0 saturated carbocycles. The highest BCUT2D eigenvalue weighted by atomic mass is 32.2. The van der Waals surface area contributed by atoms with Gasteiger partial charge in [0, 0.05) is 17.4 Å². The number of rotatable bonds is 2. The van der Waals surface area contributed by atoms with Gasteiger partial charge in [0.1, 0.15) is 5.69 Å². The number of H-pyrrole nitrogens is 1. The Balaban J connectivity index is 2.11. The Kier molecular flexibility index (Phi) is 2.71. The van der Waals surface area contributed by atoms with Crippen molar-refractivity contribution in [3.63, 3.8) is 0 Å². The van der Waals surface area contributed by atoms with Gasteiger partial charge in [0.25, 0.3) is 0 Å².